The van der Waals surface area contributed by atoms with Crippen molar-refractivity contribution in [2.24, 2.45) is 0 Å². The SMILES string of the molecule is O=C(O)[C@H]1CCCN1C(=O)/C=C/c1cc(Br)c2c(c1)OCCO2. The van der Waals surface area contributed by atoms with Crippen LogP contribution in [0.25, 0.3) is 6.08 Å². The van der Waals surface area contributed by atoms with Crippen LogP contribution in [-0.4, -0.2) is 47.7 Å². The van der Waals surface area contributed by atoms with Crippen molar-refractivity contribution in [2.75, 3.05) is 19.8 Å². The molecule has 0 aliphatic carbocycles. The Labute approximate surface area is 141 Å². The minimum atomic E-state index is -0.952. The molecular weight excluding hydrogens is 366 g/mol. The molecule has 1 aromatic rings. The van der Waals surface area contributed by atoms with Gasteiger partial charge >= 0.3 is 5.97 Å². The largest absolute Gasteiger partial charge is 0.486 e. The van der Waals surface area contributed by atoms with E-state index in [9.17, 15) is 9.59 Å². The highest BCUT2D eigenvalue weighted by Crippen LogP contribution is 2.38. The molecule has 0 saturated carbocycles. The maximum Gasteiger partial charge on any atom is 0.326 e. The second-order valence-electron chi connectivity index (χ2n) is 5.39. The van der Waals surface area contributed by atoms with Gasteiger partial charge in [-0.1, -0.05) is 0 Å². The first-order valence-electron chi connectivity index (χ1n) is 7.37. The summed E-state index contributed by atoms with van der Waals surface area (Å²) in [5, 5.41) is 9.13. The number of rotatable bonds is 3. The number of carbonyl (C=O) groups is 2. The molecule has 2 aliphatic heterocycles. The average Bonchev–Trinajstić information content (AvgIpc) is 3.02. The average molecular weight is 382 g/mol. The van der Waals surface area contributed by atoms with E-state index in [1.165, 1.54) is 11.0 Å². The van der Waals surface area contributed by atoms with E-state index >= 15 is 0 Å². The molecule has 0 spiro atoms. The minimum Gasteiger partial charge on any atom is -0.486 e. The molecule has 2 aliphatic rings. The molecule has 0 bridgehead atoms. The Kier molecular flexibility index (Phi) is 4.56. The van der Waals surface area contributed by atoms with Gasteiger partial charge in [0.1, 0.15) is 19.3 Å². The van der Waals surface area contributed by atoms with Crippen LogP contribution in [0.5, 0.6) is 11.5 Å². The normalized spacial score (nSPS) is 20.0. The van der Waals surface area contributed by atoms with Gasteiger partial charge in [0.2, 0.25) is 5.91 Å². The van der Waals surface area contributed by atoms with E-state index in [2.05, 4.69) is 15.9 Å². The highest BCUT2D eigenvalue weighted by molar-refractivity contribution is 9.10. The summed E-state index contributed by atoms with van der Waals surface area (Å²) >= 11 is 3.42. The molecule has 23 heavy (non-hydrogen) atoms. The number of carboxylic acid groups (broad SMARTS) is 1. The van der Waals surface area contributed by atoms with Crippen molar-refractivity contribution < 1.29 is 24.2 Å². The molecule has 122 valence electrons. The summed E-state index contributed by atoms with van der Waals surface area (Å²) in [4.78, 5) is 24.8. The van der Waals surface area contributed by atoms with Crippen molar-refractivity contribution in [3.05, 3.63) is 28.2 Å². The minimum absolute atomic E-state index is 0.291. The summed E-state index contributed by atoms with van der Waals surface area (Å²) in [5.74, 6) is 0.0414. The summed E-state index contributed by atoms with van der Waals surface area (Å²) in [6, 6.07) is 2.90. The number of fused-ring (bicyclic) bond motifs is 1. The van der Waals surface area contributed by atoms with E-state index in [0.29, 0.717) is 44.1 Å². The van der Waals surface area contributed by atoms with Crippen molar-refractivity contribution in [2.45, 2.75) is 18.9 Å². The summed E-state index contributed by atoms with van der Waals surface area (Å²) in [6.45, 7) is 1.47. The standard InChI is InChI=1S/C16H16BrNO5/c17-11-8-10(9-13-15(11)23-7-6-22-13)3-4-14(19)18-5-1-2-12(18)16(20)21/h3-4,8-9,12H,1-2,5-7H2,(H,20,21)/b4-3+/t12-/m1/s1. The molecule has 1 atom stereocenters. The summed E-state index contributed by atoms with van der Waals surface area (Å²) in [6.07, 6.45) is 4.28. The zero-order valence-electron chi connectivity index (χ0n) is 12.3. The van der Waals surface area contributed by atoms with Gasteiger partial charge in [-0.25, -0.2) is 4.79 Å². The van der Waals surface area contributed by atoms with Gasteiger partial charge in [-0.3, -0.25) is 4.79 Å². The lowest BCUT2D eigenvalue weighted by molar-refractivity contribution is -0.146. The maximum absolute atomic E-state index is 12.2. The molecule has 1 saturated heterocycles. The predicted octanol–water partition coefficient (Wildman–Crippen LogP) is 2.31. The number of hydrogen-bond acceptors (Lipinski definition) is 4. The summed E-state index contributed by atoms with van der Waals surface area (Å²) < 4.78 is 11.8. The number of carbonyl (C=O) groups excluding carboxylic acids is 1. The van der Waals surface area contributed by atoms with Crippen LogP contribution in [0, 0.1) is 0 Å². The highest BCUT2D eigenvalue weighted by atomic mass is 79.9. The van der Waals surface area contributed by atoms with E-state index in [0.717, 1.165) is 10.0 Å². The van der Waals surface area contributed by atoms with E-state index in [4.69, 9.17) is 14.6 Å². The zero-order chi connectivity index (χ0) is 16.4. The number of aliphatic carboxylic acids is 1. The van der Waals surface area contributed by atoms with E-state index in [-0.39, 0.29) is 5.91 Å². The van der Waals surface area contributed by atoms with Crippen LogP contribution in [0.15, 0.2) is 22.7 Å². The number of carboxylic acids is 1. The Morgan fingerprint density at radius 1 is 1.30 bits per heavy atom. The molecule has 0 aromatic heterocycles. The number of hydrogen-bond donors (Lipinski definition) is 1. The van der Waals surface area contributed by atoms with Crippen molar-refractivity contribution in [3.63, 3.8) is 0 Å². The van der Waals surface area contributed by atoms with Crippen molar-refractivity contribution in [1.29, 1.82) is 0 Å². The third-order valence-corrected chi connectivity index (χ3v) is 4.45. The fraction of sp³-hybridized carbons (Fsp3) is 0.375. The monoisotopic (exact) mass is 381 g/mol. The number of nitrogens with zero attached hydrogens (tertiary/aromatic N) is 1. The lowest BCUT2D eigenvalue weighted by Crippen LogP contribution is -2.39. The molecule has 1 aromatic carbocycles. The molecular formula is C16H16BrNO5. The number of ether oxygens (including phenoxy) is 2. The van der Waals surface area contributed by atoms with E-state index in [1.54, 1.807) is 12.1 Å². The Hall–Kier alpha value is -2.02. The smallest absolute Gasteiger partial charge is 0.326 e. The van der Waals surface area contributed by atoms with Crippen LogP contribution in [0.2, 0.25) is 0 Å². The third kappa shape index (κ3) is 3.34. The van der Waals surface area contributed by atoms with Crippen LogP contribution >= 0.6 is 15.9 Å². The van der Waals surface area contributed by atoms with Gasteiger partial charge in [0.05, 0.1) is 4.47 Å². The molecule has 3 rings (SSSR count). The lowest BCUT2D eigenvalue weighted by Gasteiger charge is -2.20. The predicted molar refractivity (Wildman–Crippen MR) is 86.5 cm³/mol. The fourth-order valence-electron chi connectivity index (χ4n) is 2.78. The van der Waals surface area contributed by atoms with Crippen LogP contribution in [-0.2, 0) is 9.59 Å². The van der Waals surface area contributed by atoms with Gasteiger partial charge in [-0.15, -0.1) is 0 Å². The first kappa shape index (κ1) is 15.9. The number of halogens is 1. The zero-order valence-corrected chi connectivity index (χ0v) is 13.9. The van der Waals surface area contributed by atoms with Gasteiger partial charge in [0.15, 0.2) is 11.5 Å². The van der Waals surface area contributed by atoms with Crippen LogP contribution in [0.1, 0.15) is 18.4 Å². The molecule has 2 heterocycles. The molecule has 1 fully saturated rings. The summed E-state index contributed by atoms with van der Waals surface area (Å²) in [7, 11) is 0. The van der Waals surface area contributed by atoms with Crippen LogP contribution < -0.4 is 9.47 Å². The quantitative estimate of drug-likeness (QED) is 0.812. The molecule has 1 N–H and O–H groups in total. The number of likely N-dealkylation sites (tertiary alicyclic amines) is 1. The first-order valence-corrected chi connectivity index (χ1v) is 8.16. The van der Waals surface area contributed by atoms with Gasteiger partial charge in [0.25, 0.3) is 0 Å². The molecule has 7 heteroatoms. The van der Waals surface area contributed by atoms with E-state index < -0.39 is 12.0 Å². The number of amides is 1. The highest BCUT2D eigenvalue weighted by Gasteiger charge is 2.32. The Morgan fingerprint density at radius 3 is 2.87 bits per heavy atom. The van der Waals surface area contributed by atoms with Gasteiger partial charge < -0.3 is 19.5 Å². The molecule has 1 amide bonds. The van der Waals surface area contributed by atoms with Crippen LogP contribution in [0.4, 0.5) is 0 Å². The molecule has 6 nitrogen and oxygen atoms in total. The lowest BCUT2D eigenvalue weighted by atomic mass is 10.1. The Bertz CT molecular complexity index is 673. The van der Waals surface area contributed by atoms with Gasteiger partial charge in [-0.2, -0.15) is 0 Å². The van der Waals surface area contributed by atoms with E-state index in [1.807, 2.05) is 6.07 Å². The maximum atomic E-state index is 12.2. The number of benzene rings is 1. The fourth-order valence-corrected chi connectivity index (χ4v) is 3.35. The van der Waals surface area contributed by atoms with Gasteiger partial charge in [0, 0.05) is 12.6 Å². The van der Waals surface area contributed by atoms with Gasteiger partial charge in [-0.05, 0) is 52.5 Å². The second kappa shape index (κ2) is 6.62. The Balaban J connectivity index is 1.76. The molecule has 0 radical (unpaired) electrons. The van der Waals surface area contributed by atoms with Crippen LogP contribution in [0.3, 0.4) is 0 Å². The van der Waals surface area contributed by atoms with Crippen molar-refractivity contribution in [1.82, 2.24) is 4.90 Å². The Morgan fingerprint density at radius 2 is 2.09 bits per heavy atom. The third-order valence-electron chi connectivity index (χ3n) is 3.86. The first-order chi connectivity index (χ1) is 11.1. The second-order valence-corrected chi connectivity index (χ2v) is 6.24. The van der Waals surface area contributed by atoms with Crippen molar-refractivity contribution >= 4 is 33.9 Å². The van der Waals surface area contributed by atoms with Crippen molar-refractivity contribution in [3.8, 4) is 11.5 Å². The molecule has 0 unspecified atom stereocenters. The topological polar surface area (TPSA) is 76.1 Å². The summed E-state index contributed by atoms with van der Waals surface area (Å²) in [5.41, 5.74) is 0.778.